The number of aryl methyl sites for hydroxylation is 2. The van der Waals surface area contributed by atoms with E-state index in [2.05, 4.69) is 30.1 Å². The van der Waals surface area contributed by atoms with E-state index < -0.39 is 10.0 Å². The van der Waals surface area contributed by atoms with E-state index in [1.54, 1.807) is 16.8 Å². The molecule has 3 rings (SSSR count). The van der Waals surface area contributed by atoms with Gasteiger partial charge in [0, 0.05) is 37.2 Å². The van der Waals surface area contributed by atoms with Gasteiger partial charge in [0.15, 0.2) is 5.82 Å². The van der Waals surface area contributed by atoms with E-state index in [1.807, 2.05) is 19.9 Å². The molecule has 2 N–H and O–H groups in total. The number of hydrogen-bond donors (Lipinski definition) is 2. The minimum Gasteiger partial charge on any atom is -0.369 e. The van der Waals surface area contributed by atoms with Crippen molar-refractivity contribution < 1.29 is 8.42 Å². The van der Waals surface area contributed by atoms with Crippen molar-refractivity contribution in [2.45, 2.75) is 18.7 Å². The van der Waals surface area contributed by atoms with Crippen molar-refractivity contribution in [3.8, 4) is 5.82 Å². The molecule has 0 saturated carbocycles. The molecule has 0 fully saturated rings. The largest absolute Gasteiger partial charge is 0.369 e. The number of nitrogens with zero attached hydrogens (tertiary/aromatic N) is 5. The van der Waals surface area contributed by atoms with Crippen LogP contribution in [0.15, 0.2) is 47.9 Å². The Balaban J connectivity index is 1.59. The first kappa shape index (κ1) is 18.0. The first-order valence-electron chi connectivity index (χ1n) is 7.95. The maximum atomic E-state index is 12.1. The van der Waals surface area contributed by atoms with Gasteiger partial charge < -0.3 is 5.32 Å². The third-order valence-electron chi connectivity index (χ3n) is 3.55. The predicted molar refractivity (Wildman–Crippen MR) is 96.5 cm³/mol. The summed E-state index contributed by atoms with van der Waals surface area (Å²) in [4.78, 5) is 12.3. The SMILES string of the molecule is Cc1cc(C)n(-c2cc(NCCNS(=O)(=O)c3cccnc3)ncn2)n1. The summed E-state index contributed by atoms with van der Waals surface area (Å²) in [5, 5.41) is 7.46. The van der Waals surface area contributed by atoms with Gasteiger partial charge in [0.2, 0.25) is 10.0 Å². The molecular formula is C16H19N7O2S. The Hall–Kier alpha value is -2.85. The Morgan fingerprint density at radius 3 is 2.69 bits per heavy atom. The number of anilines is 1. The Kier molecular flexibility index (Phi) is 5.24. The lowest BCUT2D eigenvalue weighted by atomic mass is 10.4. The van der Waals surface area contributed by atoms with Crippen molar-refractivity contribution in [3.05, 3.63) is 54.4 Å². The fourth-order valence-electron chi connectivity index (χ4n) is 2.39. The first-order valence-corrected chi connectivity index (χ1v) is 9.43. The summed E-state index contributed by atoms with van der Waals surface area (Å²) in [7, 11) is -3.57. The number of sulfonamides is 1. The second kappa shape index (κ2) is 7.58. The summed E-state index contributed by atoms with van der Waals surface area (Å²) in [5.74, 6) is 1.23. The van der Waals surface area contributed by atoms with Gasteiger partial charge in [-0.1, -0.05) is 0 Å². The van der Waals surface area contributed by atoms with Crippen LogP contribution in [0.2, 0.25) is 0 Å². The predicted octanol–water partition coefficient (Wildman–Crippen LogP) is 1.06. The molecule has 10 heteroatoms. The van der Waals surface area contributed by atoms with Crippen molar-refractivity contribution in [2.24, 2.45) is 0 Å². The fraction of sp³-hybridized carbons (Fsp3) is 0.250. The van der Waals surface area contributed by atoms with Crippen LogP contribution in [-0.4, -0.2) is 46.2 Å². The molecule has 9 nitrogen and oxygen atoms in total. The number of pyridine rings is 1. The zero-order chi connectivity index (χ0) is 18.6. The fourth-order valence-corrected chi connectivity index (χ4v) is 3.38. The van der Waals surface area contributed by atoms with Gasteiger partial charge in [-0.15, -0.1) is 0 Å². The average Bonchev–Trinajstić information content (AvgIpc) is 2.98. The third kappa shape index (κ3) is 4.21. The van der Waals surface area contributed by atoms with Crippen molar-refractivity contribution in [3.63, 3.8) is 0 Å². The Bertz CT molecular complexity index is 987. The van der Waals surface area contributed by atoms with Gasteiger partial charge >= 0.3 is 0 Å². The number of nitrogens with one attached hydrogen (secondary N) is 2. The second-order valence-corrected chi connectivity index (χ2v) is 7.38. The second-order valence-electron chi connectivity index (χ2n) is 5.61. The van der Waals surface area contributed by atoms with Gasteiger partial charge in [0.25, 0.3) is 0 Å². The highest BCUT2D eigenvalue weighted by atomic mass is 32.2. The minimum absolute atomic E-state index is 0.133. The monoisotopic (exact) mass is 373 g/mol. The smallest absolute Gasteiger partial charge is 0.242 e. The van der Waals surface area contributed by atoms with Crippen molar-refractivity contribution in [1.29, 1.82) is 0 Å². The number of aromatic nitrogens is 5. The first-order chi connectivity index (χ1) is 12.5. The highest BCUT2D eigenvalue weighted by molar-refractivity contribution is 7.89. The molecular weight excluding hydrogens is 354 g/mol. The molecule has 136 valence electrons. The van der Waals surface area contributed by atoms with Crippen LogP contribution in [0.4, 0.5) is 5.82 Å². The summed E-state index contributed by atoms with van der Waals surface area (Å²) < 4.78 is 28.5. The molecule has 3 aromatic heterocycles. The lowest BCUT2D eigenvalue weighted by Gasteiger charge is -2.09. The van der Waals surface area contributed by atoms with Crippen LogP contribution in [0.1, 0.15) is 11.4 Å². The zero-order valence-corrected chi connectivity index (χ0v) is 15.2. The van der Waals surface area contributed by atoms with E-state index >= 15 is 0 Å². The van der Waals surface area contributed by atoms with Crippen LogP contribution in [-0.2, 0) is 10.0 Å². The van der Waals surface area contributed by atoms with Gasteiger partial charge in [-0.05, 0) is 32.0 Å². The van der Waals surface area contributed by atoms with Gasteiger partial charge in [-0.2, -0.15) is 5.10 Å². The van der Waals surface area contributed by atoms with Crippen LogP contribution in [0, 0.1) is 13.8 Å². The van der Waals surface area contributed by atoms with Gasteiger partial charge in [-0.3, -0.25) is 4.98 Å². The van der Waals surface area contributed by atoms with Crippen LogP contribution in [0.5, 0.6) is 0 Å². The molecule has 0 aliphatic heterocycles. The van der Waals surface area contributed by atoms with Crippen LogP contribution in [0.3, 0.4) is 0 Å². The minimum atomic E-state index is -3.57. The highest BCUT2D eigenvalue weighted by Gasteiger charge is 2.12. The van der Waals surface area contributed by atoms with E-state index in [9.17, 15) is 8.42 Å². The van der Waals surface area contributed by atoms with Crippen LogP contribution in [0.25, 0.3) is 5.82 Å². The van der Waals surface area contributed by atoms with E-state index in [0.29, 0.717) is 18.2 Å². The number of hydrogen-bond acceptors (Lipinski definition) is 7. The van der Waals surface area contributed by atoms with Gasteiger partial charge in [0.05, 0.1) is 5.69 Å². The molecule has 0 spiro atoms. The Morgan fingerprint density at radius 1 is 1.15 bits per heavy atom. The molecule has 0 unspecified atom stereocenters. The van der Waals surface area contributed by atoms with E-state index in [0.717, 1.165) is 11.4 Å². The molecule has 0 bridgehead atoms. The Labute approximate surface area is 151 Å². The standard InChI is InChI=1S/C16H19N7O2S/c1-12-8-13(2)23(22-12)16-9-15(19-11-20-16)18-6-7-21-26(24,25)14-4-3-5-17-10-14/h3-5,8-11,21H,6-7H2,1-2H3,(H,18,19,20). The topological polar surface area (TPSA) is 115 Å². The summed E-state index contributed by atoms with van der Waals surface area (Å²) in [6.45, 7) is 4.43. The third-order valence-corrected chi connectivity index (χ3v) is 4.99. The van der Waals surface area contributed by atoms with Crippen molar-refractivity contribution >= 4 is 15.8 Å². The summed E-state index contributed by atoms with van der Waals surface area (Å²) in [6, 6.07) is 6.79. The molecule has 0 amide bonds. The van der Waals surface area contributed by atoms with E-state index in [4.69, 9.17) is 0 Å². The average molecular weight is 373 g/mol. The molecule has 0 aliphatic carbocycles. The molecule has 0 saturated heterocycles. The molecule has 3 heterocycles. The summed E-state index contributed by atoms with van der Waals surface area (Å²) in [5.41, 5.74) is 1.87. The van der Waals surface area contributed by atoms with E-state index in [-0.39, 0.29) is 11.4 Å². The van der Waals surface area contributed by atoms with Gasteiger partial charge in [-0.25, -0.2) is 27.8 Å². The highest BCUT2D eigenvalue weighted by Crippen LogP contribution is 2.12. The maximum absolute atomic E-state index is 12.1. The quantitative estimate of drug-likeness (QED) is 0.595. The molecule has 0 atom stereocenters. The van der Waals surface area contributed by atoms with Crippen molar-refractivity contribution in [1.82, 2.24) is 29.5 Å². The summed E-state index contributed by atoms with van der Waals surface area (Å²) >= 11 is 0. The molecule has 3 aromatic rings. The molecule has 0 radical (unpaired) electrons. The normalized spacial score (nSPS) is 11.5. The number of rotatable bonds is 7. The lowest BCUT2D eigenvalue weighted by Crippen LogP contribution is -2.29. The molecule has 0 aromatic carbocycles. The molecule has 0 aliphatic rings. The van der Waals surface area contributed by atoms with Crippen LogP contribution >= 0.6 is 0 Å². The zero-order valence-electron chi connectivity index (χ0n) is 14.4. The summed E-state index contributed by atoms with van der Waals surface area (Å²) in [6.07, 6.45) is 4.27. The molecule has 26 heavy (non-hydrogen) atoms. The van der Waals surface area contributed by atoms with E-state index in [1.165, 1.54) is 24.8 Å². The van der Waals surface area contributed by atoms with Crippen LogP contribution < -0.4 is 10.0 Å². The lowest BCUT2D eigenvalue weighted by molar-refractivity contribution is 0.582. The van der Waals surface area contributed by atoms with Crippen molar-refractivity contribution in [2.75, 3.05) is 18.4 Å². The Morgan fingerprint density at radius 2 is 2.00 bits per heavy atom. The maximum Gasteiger partial charge on any atom is 0.242 e. The van der Waals surface area contributed by atoms with Gasteiger partial charge in [0.1, 0.15) is 17.0 Å².